The third kappa shape index (κ3) is 6.28. The summed E-state index contributed by atoms with van der Waals surface area (Å²) in [4.78, 5) is 26.3. The normalized spacial score (nSPS) is 12.5. The quantitative estimate of drug-likeness (QED) is 0.448. The summed E-state index contributed by atoms with van der Waals surface area (Å²) in [5.74, 6) is 0.207. The Kier molecular flexibility index (Phi) is 8.66. The topological polar surface area (TPSA) is 76.1 Å². The molecule has 3 rings (SSSR count). The van der Waals surface area contributed by atoms with Gasteiger partial charge >= 0.3 is 5.97 Å². The van der Waals surface area contributed by atoms with Crippen molar-refractivity contribution < 1.29 is 24.2 Å². The Hall–Kier alpha value is -3.64. The lowest BCUT2D eigenvalue weighted by molar-refractivity contribution is -0.139. The fraction of sp³-hybridized carbons (Fsp3) is 0.310. The highest BCUT2D eigenvalue weighted by molar-refractivity contribution is 5.78. The van der Waals surface area contributed by atoms with Crippen LogP contribution in [-0.2, 0) is 27.3 Å². The number of esters is 1. The van der Waals surface area contributed by atoms with E-state index in [1.165, 1.54) is 14.0 Å². The molecule has 2 atom stereocenters. The van der Waals surface area contributed by atoms with E-state index in [1.54, 1.807) is 12.0 Å². The summed E-state index contributed by atoms with van der Waals surface area (Å²) in [6.07, 6.45) is -0.680. The smallest absolute Gasteiger partial charge is 0.309 e. The van der Waals surface area contributed by atoms with Crippen molar-refractivity contribution in [2.45, 2.75) is 45.9 Å². The molecule has 3 aromatic carbocycles. The monoisotopic (exact) mass is 475 g/mol. The Morgan fingerprint density at radius 1 is 0.971 bits per heavy atom. The van der Waals surface area contributed by atoms with E-state index < -0.39 is 12.1 Å². The molecule has 0 heterocycles. The van der Waals surface area contributed by atoms with Gasteiger partial charge in [0.25, 0.3) is 0 Å². The molecule has 1 N–H and O–H groups in total. The predicted octanol–water partition coefficient (Wildman–Crippen LogP) is 4.86. The first-order valence-corrected chi connectivity index (χ1v) is 11.6. The zero-order valence-corrected chi connectivity index (χ0v) is 20.9. The van der Waals surface area contributed by atoms with Gasteiger partial charge in [-0.3, -0.25) is 9.59 Å². The standard InChI is InChI=1S/C29H33NO5/c1-19-11-13-25(26-16-22(17-28(32)35-5)12-14-27(26)34-4)24(15-19)18-30(21(3)31)20(2)29(33)23-9-7-6-8-10-23/h6-16,20,29,33H,17-18H2,1-5H3/t20-,29-/m0/s1. The van der Waals surface area contributed by atoms with Crippen LogP contribution >= 0.6 is 0 Å². The minimum Gasteiger partial charge on any atom is -0.496 e. The van der Waals surface area contributed by atoms with Gasteiger partial charge in [-0.2, -0.15) is 0 Å². The number of aliphatic hydroxyl groups is 1. The first-order valence-electron chi connectivity index (χ1n) is 11.6. The lowest BCUT2D eigenvalue weighted by Crippen LogP contribution is -2.40. The second-order valence-electron chi connectivity index (χ2n) is 8.69. The lowest BCUT2D eigenvalue weighted by atomic mass is 9.94. The van der Waals surface area contributed by atoms with Gasteiger partial charge in [-0.05, 0) is 48.2 Å². The Balaban J connectivity index is 2.02. The SMILES string of the molecule is COC(=O)Cc1ccc(OC)c(-c2ccc(C)cc2CN(C(C)=O)[C@@H](C)[C@H](O)c2ccccc2)c1. The van der Waals surface area contributed by atoms with Crippen molar-refractivity contribution in [2.75, 3.05) is 14.2 Å². The van der Waals surface area contributed by atoms with Gasteiger partial charge in [-0.25, -0.2) is 0 Å². The van der Waals surface area contributed by atoms with Gasteiger partial charge in [0, 0.05) is 19.0 Å². The van der Waals surface area contributed by atoms with Gasteiger partial charge in [-0.15, -0.1) is 0 Å². The Morgan fingerprint density at radius 2 is 1.69 bits per heavy atom. The van der Waals surface area contributed by atoms with Gasteiger partial charge < -0.3 is 19.5 Å². The molecular formula is C29H33NO5. The third-order valence-electron chi connectivity index (χ3n) is 6.23. The molecule has 0 radical (unpaired) electrons. The number of carbonyl (C=O) groups excluding carboxylic acids is 2. The van der Waals surface area contributed by atoms with Crippen LogP contribution in [-0.4, -0.2) is 42.1 Å². The maximum Gasteiger partial charge on any atom is 0.309 e. The average molecular weight is 476 g/mol. The number of aliphatic hydroxyl groups excluding tert-OH is 1. The molecule has 0 aliphatic rings. The molecule has 184 valence electrons. The van der Waals surface area contributed by atoms with Crippen LogP contribution in [0.5, 0.6) is 5.75 Å². The van der Waals surface area contributed by atoms with Gasteiger partial charge in [0.2, 0.25) is 5.91 Å². The highest BCUT2D eigenvalue weighted by atomic mass is 16.5. The summed E-state index contributed by atoms with van der Waals surface area (Å²) >= 11 is 0. The number of methoxy groups -OCH3 is 2. The van der Waals surface area contributed by atoms with Crippen LogP contribution in [0.3, 0.4) is 0 Å². The van der Waals surface area contributed by atoms with Crippen LogP contribution < -0.4 is 4.74 Å². The van der Waals surface area contributed by atoms with E-state index in [4.69, 9.17) is 9.47 Å². The fourth-order valence-corrected chi connectivity index (χ4v) is 4.26. The number of ether oxygens (including phenoxy) is 2. The van der Waals surface area contributed by atoms with Crippen molar-refractivity contribution in [1.29, 1.82) is 0 Å². The van der Waals surface area contributed by atoms with Crippen molar-refractivity contribution in [3.05, 3.63) is 89.0 Å². The Labute approximate surface area is 207 Å². The number of carbonyl (C=O) groups is 2. The van der Waals surface area contributed by atoms with E-state index in [2.05, 4.69) is 0 Å². The van der Waals surface area contributed by atoms with Crippen LogP contribution in [0.4, 0.5) is 0 Å². The van der Waals surface area contributed by atoms with Gasteiger partial charge in [0.05, 0.1) is 32.8 Å². The maximum absolute atomic E-state index is 12.7. The molecule has 0 unspecified atom stereocenters. The second-order valence-corrected chi connectivity index (χ2v) is 8.69. The maximum atomic E-state index is 12.7. The molecule has 0 spiro atoms. The average Bonchev–Trinajstić information content (AvgIpc) is 2.86. The minimum absolute atomic E-state index is 0.133. The molecule has 0 aliphatic carbocycles. The summed E-state index contributed by atoms with van der Waals surface area (Å²) in [6, 6.07) is 20.5. The molecule has 0 aliphatic heterocycles. The molecule has 0 fully saturated rings. The minimum atomic E-state index is -0.828. The summed E-state index contributed by atoms with van der Waals surface area (Å²) in [7, 11) is 2.97. The first kappa shape index (κ1) is 26.0. The zero-order valence-electron chi connectivity index (χ0n) is 20.9. The van der Waals surface area contributed by atoms with Crippen molar-refractivity contribution in [3.63, 3.8) is 0 Å². The summed E-state index contributed by atoms with van der Waals surface area (Å²) < 4.78 is 10.5. The molecule has 1 amide bonds. The van der Waals surface area contributed by atoms with Crippen molar-refractivity contribution in [3.8, 4) is 16.9 Å². The van der Waals surface area contributed by atoms with E-state index in [0.29, 0.717) is 12.3 Å². The number of benzene rings is 3. The van der Waals surface area contributed by atoms with Crippen molar-refractivity contribution >= 4 is 11.9 Å². The number of aryl methyl sites for hydroxylation is 1. The molecule has 0 saturated carbocycles. The molecule has 3 aromatic rings. The zero-order chi connectivity index (χ0) is 25.5. The van der Waals surface area contributed by atoms with Crippen LogP contribution in [0.15, 0.2) is 66.7 Å². The molecule has 6 nitrogen and oxygen atoms in total. The van der Waals surface area contributed by atoms with Gasteiger partial charge in [0.1, 0.15) is 5.75 Å². The van der Waals surface area contributed by atoms with E-state index in [1.807, 2.05) is 80.6 Å². The summed E-state index contributed by atoms with van der Waals surface area (Å²) in [5.41, 5.74) is 5.24. The third-order valence-corrected chi connectivity index (χ3v) is 6.23. The Morgan fingerprint density at radius 3 is 2.31 bits per heavy atom. The summed E-state index contributed by atoms with van der Waals surface area (Å²) in [5, 5.41) is 11.0. The van der Waals surface area contributed by atoms with E-state index in [-0.39, 0.29) is 18.3 Å². The van der Waals surface area contributed by atoms with E-state index >= 15 is 0 Å². The number of hydrogen-bond acceptors (Lipinski definition) is 5. The number of nitrogens with zero attached hydrogens (tertiary/aromatic N) is 1. The molecule has 0 bridgehead atoms. The highest BCUT2D eigenvalue weighted by Crippen LogP contribution is 2.35. The predicted molar refractivity (Wildman–Crippen MR) is 136 cm³/mol. The molecular weight excluding hydrogens is 442 g/mol. The second kappa shape index (κ2) is 11.7. The van der Waals surface area contributed by atoms with Crippen LogP contribution in [0.1, 0.15) is 42.2 Å². The number of hydrogen-bond donors (Lipinski definition) is 1. The van der Waals surface area contributed by atoms with E-state index in [9.17, 15) is 14.7 Å². The number of rotatable bonds is 9. The fourth-order valence-electron chi connectivity index (χ4n) is 4.26. The largest absolute Gasteiger partial charge is 0.496 e. The highest BCUT2D eigenvalue weighted by Gasteiger charge is 2.26. The van der Waals surface area contributed by atoms with Gasteiger partial charge in [-0.1, -0.05) is 60.2 Å². The van der Waals surface area contributed by atoms with Gasteiger partial charge in [0.15, 0.2) is 0 Å². The van der Waals surface area contributed by atoms with Crippen LogP contribution in [0.2, 0.25) is 0 Å². The molecule has 0 aromatic heterocycles. The van der Waals surface area contributed by atoms with E-state index in [0.717, 1.165) is 33.4 Å². The lowest BCUT2D eigenvalue weighted by Gasteiger charge is -2.33. The van der Waals surface area contributed by atoms with Crippen molar-refractivity contribution in [1.82, 2.24) is 4.90 Å². The van der Waals surface area contributed by atoms with Crippen molar-refractivity contribution in [2.24, 2.45) is 0 Å². The number of amides is 1. The molecule has 35 heavy (non-hydrogen) atoms. The van der Waals surface area contributed by atoms with Crippen LogP contribution in [0, 0.1) is 6.92 Å². The summed E-state index contributed by atoms with van der Waals surface area (Å²) in [6.45, 7) is 5.67. The Bertz CT molecular complexity index is 1170. The molecule has 6 heteroatoms. The molecule has 0 saturated heterocycles. The first-order chi connectivity index (χ1) is 16.7. The van der Waals surface area contributed by atoms with Crippen LogP contribution in [0.25, 0.3) is 11.1 Å².